The van der Waals surface area contributed by atoms with Gasteiger partial charge in [-0.1, -0.05) is 42.5 Å². The standard InChI is InChI=1S/C21H19N3O4/c22-14-17-8-4-5-9-18(17)24-20(26)15-28-21(27)12-13-23-19(25)11-10-16-6-2-1-3-7-16/h1-11H,12-13,15H2,(H,23,25)(H,24,26)/b11-10+. The first-order valence-corrected chi connectivity index (χ1v) is 8.54. The third kappa shape index (κ3) is 7.14. The van der Waals surface area contributed by atoms with E-state index in [2.05, 4.69) is 10.6 Å². The van der Waals surface area contributed by atoms with Crippen molar-refractivity contribution < 1.29 is 19.1 Å². The van der Waals surface area contributed by atoms with Crippen LogP contribution in [-0.2, 0) is 19.1 Å². The number of hydrogen-bond acceptors (Lipinski definition) is 5. The summed E-state index contributed by atoms with van der Waals surface area (Å²) in [5.41, 5.74) is 1.55. The van der Waals surface area contributed by atoms with Gasteiger partial charge in [-0.25, -0.2) is 0 Å². The van der Waals surface area contributed by atoms with Crippen molar-refractivity contribution in [2.75, 3.05) is 18.5 Å². The molecule has 0 atom stereocenters. The molecule has 0 saturated carbocycles. The van der Waals surface area contributed by atoms with Crippen LogP contribution in [-0.4, -0.2) is 30.9 Å². The van der Waals surface area contributed by atoms with Crippen molar-refractivity contribution in [3.63, 3.8) is 0 Å². The number of hydrogen-bond donors (Lipinski definition) is 2. The van der Waals surface area contributed by atoms with Crippen molar-refractivity contribution in [2.45, 2.75) is 6.42 Å². The molecule has 0 fully saturated rings. The summed E-state index contributed by atoms with van der Waals surface area (Å²) in [4.78, 5) is 35.2. The zero-order valence-electron chi connectivity index (χ0n) is 15.1. The fraction of sp³-hybridized carbons (Fsp3) is 0.143. The number of rotatable bonds is 8. The second-order valence-electron chi connectivity index (χ2n) is 5.65. The number of benzene rings is 2. The summed E-state index contributed by atoms with van der Waals surface area (Å²) in [7, 11) is 0. The van der Waals surface area contributed by atoms with E-state index in [-0.39, 0.29) is 18.9 Å². The Labute approximate surface area is 162 Å². The third-order valence-electron chi connectivity index (χ3n) is 3.54. The van der Waals surface area contributed by atoms with Gasteiger partial charge in [0, 0.05) is 12.6 Å². The Morgan fingerprint density at radius 1 is 1.04 bits per heavy atom. The van der Waals surface area contributed by atoms with E-state index in [0.29, 0.717) is 11.3 Å². The van der Waals surface area contributed by atoms with Gasteiger partial charge in [-0.3, -0.25) is 14.4 Å². The minimum absolute atomic E-state index is 0.0625. The maximum Gasteiger partial charge on any atom is 0.308 e. The highest BCUT2D eigenvalue weighted by atomic mass is 16.5. The number of nitriles is 1. The first-order chi connectivity index (χ1) is 13.6. The van der Waals surface area contributed by atoms with Crippen molar-refractivity contribution >= 4 is 29.5 Å². The maximum atomic E-state index is 11.8. The molecule has 0 aliphatic carbocycles. The number of para-hydroxylation sites is 1. The van der Waals surface area contributed by atoms with Crippen molar-refractivity contribution in [3.05, 3.63) is 71.8 Å². The molecule has 0 saturated heterocycles. The summed E-state index contributed by atoms with van der Waals surface area (Å²) in [6.45, 7) is -0.379. The maximum absolute atomic E-state index is 11.8. The predicted molar refractivity (Wildman–Crippen MR) is 104 cm³/mol. The first-order valence-electron chi connectivity index (χ1n) is 8.54. The van der Waals surface area contributed by atoms with Crippen molar-refractivity contribution in [1.29, 1.82) is 5.26 Å². The molecule has 2 amide bonds. The van der Waals surface area contributed by atoms with E-state index < -0.39 is 18.5 Å². The van der Waals surface area contributed by atoms with E-state index in [1.165, 1.54) is 6.08 Å². The van der Waals surface area contributed by atoms with Crippen molar-refractivity contribution in [3.8, 4) is 6.07 Å². The second-order valence-corrected chi connectivity index (χ2v) is 5.65. The molecule has 0 unspecified atom stereocenters. The van der Waals surface area contributed by atoms with Crippen LogP contribution in [0.3, 0.4) is 0 Å². The van der Waals surface area contributed by atoms with Crippen LogP contribution in [0, 0.1) is 11.3 Å². The Hall–Kier alpha value is -3.92. The van der Waals surface area contributed by atoms with Crippen LogP contribution in [0.2, 0.25) is 0 Å². The Balaban J connectivity index is 1.66. The smallest absolute Gasteiger partial charge is 0.308 e. The summed E-state index contributed by atoms with van der Waals surface area (Å²) >= 11 is 0. The largest absolute Gasteiger partial charge is 0.456 e. The molecule has 0 aliphatic rings. The Bertz CT molecular complexity index is 901. The van der Waals surface area contributed by atoms with Crippen LogP contribution < -0.4 is 10.6 Å². The average Bonchev–Trinajstić information content (AvgIpc) is 2.72. The quantitative estimate of drug-likeness (QED) is 0.542. The van der Waals surface area contributed by atoms with Crippen molar-refractivity contribution in [2.24, 2.45) is 0 Å². The molecule has 2 aromatic carbocycles. The van der Waals surface area contributed by atoms with Crippen LogP contribution in [0.4, 0.5) is 5.69 Å². The third-order valence-corrected chi connectivity index (χ3v) is 3.54. The van der Waals surface area contributed by atoms with Gasteiger partial charge in [0.2, 0.25) is 5.91 Å². The molecule has 0 spiro atoms. The molecule has 2 aromatic rings. The molecule has 0 aromatic heterocycles. The molecule has 0 radical (unpaired) electrons. The molecule has 2 N–H and O–H groups in total. The molecular formula is C21H19N3O4. The molecule has 0 aliphatic heterocycles. The molecule has 2 rings (SSSR count). The first kappa shape index (κ1) is 20.4. The predicted octanol–water partition coefficient (Wildman–Crippen LogP) is 2.26. The minimum atomic E-state index is -0.615. The van der Waals surface area contributed by atoms with Gasteiger partial charge in [-0.15, -0.1) is 0 Å². The van der Waals surface area contributed by atoms with E-state index in [4.69, 9.17) is 10.00 Å². The van der Waals surface area contributed by atoms with E-state index in [9.17, 15) is 14.4 Å². The number of anilines is 1. The van der Waals surface area contributed by atoms with Crippen LogP contribution in [0.1, 0.15) is 17.5 Å². The van der Waals surface area contributed by atoms with Crippen LogP contribution in [0.25, 0.3) is 6.08 Å². The zero-order chi connectivity index (χ0) is 20.2. The van der Waals surface area contributed by atoms with Gasteiger partial charge in [0.15, 0.2) is 6.61 Å². The molecule has 142 valence electrons. The minimum Gasteiger partial charge on any atom is -0.456 e. The molecular weight excluding hydrogens is 358 g/mol. The lowest BCUT2D eigenvalue weighted by molar-refractivity contribution is -0.147. The number of amides is 2. The summed E-state index contributed by atoms with van der Waals surface area (Å²) in [5, 5.41) is 14.0. The number of nitrogens with zero attached hydrogens (tertiary/aromatic N) is 1. The summed E-state index contributed by atoms with van der Waals surface area (Å²) in [5.74, 6) is -1.50. The number of esters is 1. The fourth-order valence-electron chi connectivity index (χ4n) is 2.18. The van der Waals surface area contributed by atoms with E-state index in [1.807, 2.05) is 36.4 Å². The zero-order valence-corrected chi connectivity index (χ0v) is 15.1. The Kier molecular flexibility index (Phi) is 7.96. The Morgan fingerprint density at radius 3 is 2.50 bits per heavy atom. The summed E-state index contributed by atoms with van der Waals surface area (Å²) in [6, 6.07) is 17.8. The molecule has 28 heavy (non-hydrogen) atoms. The second kappa shape index (κ2) is 10.9. The van der Waals surface area contributed by atoms with Gasteiger partial charge in [-0.05, 0) is 23.8 Å². The highest BCUT2D eigenvalue weighted by Crippen LogP contribution is 2.13. The van der Waals surface area contributed by atoms with Gasteiger partial charge in [0.25, 0.3) is 5.91 Å². The highest BCUT2D eigenvalue weighted by Gasteiger charge is 2.10. The lowest BCUT2D eigenvalue weighted by atomic mass is 10.2. The number of nitrogens with one attached hydrogen (secondary N) is 2. The van der Waals surface area contributed by atoms with Crippen LogP contribution in [0.5, 0.6) is 0 Å². The van der Waals surface area contributed by atoms with Crippen molar-refractivity contribution in [1.82, 2.24) is 5.32 Å². The van der Waals surface area contributed by atoms with Gasteiger partial charge < -0.3 is 15.4 Å². The van der Waals surface area contributed by atoms with Crippen LogP contribution in [0.15, 0.2) is 60.7 Å². The van der Waals surface area contributed by atoms with Gasteiger partial charge >= 0.3 is 5.97 Å². The topological polar surface area (TPSA) is 108 Å². The average molecular weight is 377 g/mol. The van der Waals surface area contributed by atoms with Gasteiger partial charge in [-0.2, -0.15) is 5.26 Å². The molecule has 7 heteroatoms. The summed E-state index contributed by atoms with van der Waals surface area (Å²) < 4.78 is 4.86. The lowest BCUT2D eigenvalue weighted by Crippen LogP contribution is -2.26. The number of carbonyl (C=O) groups is 3. The van der Waals surface area contributed by atoms with E-state index in [0.717, 1.165) is 5.56 Å². The van der Waals surface area contributed by atoms with Gasteiger partial charge in [0.05, 0.1) is 17.7 Å². The monoisotopic (exact) mass is 377 g/mol. The van der Waals surface area contributed by atoms with E-state index >= 15 is 0 Å². The van der Waals surface area contributed by atoms with Crippen LogP contribution >= 0.6 is 0 Å². The normalized spacial score (nSPS) is 10.1. The molecule has 7 nitrogen and oxygen atoms in total. The SMILES string of the molecule is N#Cc1ccccc1NC(=O)COC(=O)CCNC(=O)/C=C/c1ccccc1. The lowest BCUT2D eigenvalue weighted by Gasteiger charge is -2.08. The fourth-order valence-corrected chi connectivity index (χ4v) is 2.18. The summed E-state index contributed by atoms with van der Waals surface area (Å²) in [6.07, 6.45) is 2.98. The van der Waals surface area contributed by atoms with Gasteiger partial charge in [0.1, 0.15) is 6.07 Å². The molecule has 0 bridgehead atoms. The number of carbonyl (C=O) groups excluding carboxylic acids is 3. The highest BCUT2D eigenvalue weighted by molar-refractivity contribution is 5.94. The Morgan fingerprint density at radius 2 is 1.75 bits per heavy atom. The molecule has 0 heterocycles. The number of ether oxygens (including phenoxy) is 1. The van der Waals surface area contributed by atoms with E-state index in [1.54, 1.807) is 30.3 Å².